The molecule has 0 saturated carbocycles. The Morgan fingerprint density at radius 1 is 1.17 bits per heavy atom. The summed E-state index contributed by atoms with van der Waals surface area (Å²) in [6.45, 7) is 0.535. The molecule has 1 amide bonds. The van der Waals surface area contributed by atoms with Crippen LogP contribution in [0.2, 0.25) is 0 Å². The molecule has 7 heteroatoms. The van der Waals surface area contributed by atoms with Crippen LogP contribution in [0.3, 0.4) is 0 Å². The number of halogens is 2. The van der Waals surface area contributed by atoms with Gasteiger partial charge in [0.1, 0.15) is 22.9 Å². The van der Waals surface area contributed by atoms with Gasteiger partial charge in [-0.1, -0.05) is 0 Å². The van der Waals surface area contributed by atoms with E-state index in [9.17, 15) is 18.4 Å². The Labute approximate surface area is 136 Å². The third kappa shape index (κ3) is 3.02. The molecule has 2 aromatic rings. The Morgan fingerprint density at radius 2 is 1.88 bits per heavy atom. The molecule has 1 aliphatic heterocycles. The van der Waals surface area contributed by atoms with E-state index in [4.69, 9.17) is 4.74 Å². The number of carbonyl (C=O) groups excluding carboxylic acids is 1. The zero-order chi connectivity index (χ0) is 17.3. The van der Waals surface area contributed by atoms with Crippen LogP contribution in [0.25, 0.3) is 0 Å². The summed E-state index contributed by atoms with van der Waals surface area (Å²) in [6, 6.07) is 4.03. The molecule has 2 heterocycles. The Bertz CT molecular complexity index is 841. The third-order valence-electron chi connectivity index (χ3n) is 3.99. The van der Waals surface area contributed by atoms with E-state index >= 15 is 0 Å². The number of pyridine rings is 1. The first-order valence-corrected chi connectivity index (χ1v) is 7.57. The van der Waals surface area contributed by atoms with E-state index in [2.05, 4.69) is 5.32 Å². The number of methoxy groups -OCH3 is 1. The molecule has 0 fully saturated rings. The van der Waals surface area contributed by atoms with Crippen LogP contribution in [0.5, 0.6) is 5.75 Å². The van der Waals surface area contributed by atoms with Gasteiger partial charge in [0.15, 0.2) is 0 Å². The van der Waals surface area contributed by atoms with Crippen molar-refractivity contribution in [3.8, 4) is 5.75 Å². The number of nitrogens with zero attached hydrogens (tertiary/aromatic N) is 1. The second-order valence-electron chi connectivity index (χ2n) is 5.59. The number of ether oxygens (including phenoxy) is 1. The Balaban J connectivity index is 2.04. The monoisotopic (exact) mass is 334 g/mol. The first-order chi connectivity index (χ1) is 11.5. The van der Waals surface area contributed by atoms with Crippen LogP contribution in [0.1, 0.15) is 28.9 Å². The minimum absolute atomic E-state index is 0.000289. The number of amides is 1. The van der Waals surface area contributed by atoms with E-state index in [0.29, 0.717) is 18.7 Å². The maximum absolute atomic E-state index is 13.3. The van der Waals surface area contributed by atoms with E-state index < -0.39 is 17.5 Å². The SMILES string of the molecule is COc1cc(=O)n2c(c1C(=O)Nc1cc(F)cc(F)c1)CCCC2. The maximum atomic E-state index is 13.3. The summed E-state index contributed by atoms with van der Waals surface area (Å²) < 4.78 is 33.3. The average Bonchev–Trinajstić information content (AvgIpc) is 2.53. The van der Waals surface area contributed by atoms with Crippen molar-refractivity contribution >= 4 is 11.6 Å². The average molecular weight is 334 g/mol. The van der Waals surface area contributed by atoms with Gasteiger partial charge in [-0.2, -0.15) is 0 Å². The number of hydrogen-bond donors (Lipinski definition) is 1. The molecule has 1 aromatic heterocycles. The highest BCUT2D eigenvalue weighted by Gasteiger charge is 2.24. The Hall–Kier alpha value is -2.70. The summed E-state index contributed by atoms with van der Waals surface area (Å²) >= 11 is 0. The number of nitrogens with one attached hydrogen (secondary N) is 1. The lowest BCUT2D eigenvalue weighted by Crippen LogP contribution is -2.30. The van der Waals surface area contributed by atoms with Crippen molar-refractivity contribution in [1.29, 1.82) is 0 Å². The molecule has 24 heavy (non-hydrogen) atoms. The molecule has 0 radical (unpaired) electrons. The normalized spacial score (nSPS) is 13.3. The number of hydrogen-bond acceptors (Lipinski definition) is 3. The second kappa shape index (κ2) is 6.43. The third-order valence-corrected chi connectivity index (χ3v) is 3.99. The van der Waals surface area contributed by atoms with Crippen molar-refractivity contribution in [2.24, 2.45) is 0 Å². The van der Waals surface area contributed by atoms with Gasteiger partial charge in [0.25, 0.3) is 11.5 Å². The number of rotatable bonds is 3. The maximum Gasteiger partial charge on any atom is 0.261 e. The predicted octanol–water partition coefficient (Wildman–Crippen LogP) is 2.72. The predicted molar refractivity (Wildman–Crippen MR) is 84.5 cm³/mol. The fourth-order valence-corrected chi connectivity index (χ4v) is 2.96. The molecule has 126 valence electrons. The van der Waals surface area contributed by atoms with E-state index in [1.54, 1.807) is 4.57 Å². The molecule has 0 unspecified atom stereocenters. The molecule has 1 aliphatic rings. The first-order valence-electron chi connectivity index (χ1n) is 7.57. The van der Waals surface area contributed by atoms with Gasteiger partial charge in [0.05, 0.1) is 7.11 Å². The fraction of sp³-hybridized carbons (Fsp3) is 0.294. The molecular formula is C17H16F2N2O3. The van der Waals surface area contributed by atoms with Crippen molar-refractivity contribution in [2.75, 3.05) is 12.4 Å². The Kier molecular flexibility index (Phi) is 4.33. The molecule has 0 atom stereocenters. The first kappa shape index (κ1) is 16.2. The highest BCUT2D eigenvalue weighted by atomic mass is 19.1. The molecule has 5 nitrogen and oxygen atoms in total. The van der Waals surface area contributed by atoms with Crippen LogP contribution < -0.4 is 15.6 Å². The molecule has 0 aliphatic carbocycles. The van der Waals surface area contributed by atoms with Crippen LogP contribution in [0.15, 0.2) is 29.1 Å². The molecule has 0 spiro atoms. The van der Waals surface area contributed by atoms with E-state index in [1.807, 2.05) is 0 Å². The lowest BCUT2D eigenvalue weighted by molar-refractivity contribution is 0.102. The number of benzene rings is 1. The molecular weight excluding hydrogens is 318 g/mol. The van der Waals surface area contributed by atoms with Crippen LogP contribution in [-0.4, -0.2) is 17.6 Å². The van der Waals surface area contributed by atoms with Gasteiger partial charge in [-0.25, -0.2) is 8.78 Å². The van der Waals surface area contributed by atoms with Crippen molar-refractivity contribution in [1.82, 2.24) is 4.57 Å². The van der Waals surface area contributed by atoms with E-state index in [-0.39, 0.29) is 22.6 Å². The van der Waals surface area contributed by atoms with Gasteiger partial charge in [0, 0.05) is 30.1 Å². The fourth-order valence-electron chi connectivity index (χ4n) is 2.96. The highest BCUT2D eigenvalue weighted by molar-refractivity contribution is 6.07. The van der Waals surface area contributed by atoms with Crippen LogP contribution >= 0.6 is 0 Å². The van der Waals surface area contributed by atoms with Gasteiger partial charge < -0.3 is 14.6 Å². The van der Waals surface area contributed by atoms with Crippen molar-refractivity contribution in [2.45, 2.75) is 25.8 Å². The topological polar surface area (TPSA) is 60.3 Å². The number of aromatic nitrogens is 1. The van der Waals surface area contributed by atoms with Gasteiger partial charge in [-0.3, -0.25) is 9.59 Å². The minimum Gasteiger partial charge on any atom is -0.496 e. The summed E-state index contributed by atoms with van der Waals surface area (Å²) in [5, 5.41) is 2.47. The number of anilines is 1. The summed E-state index contributed by atoms with van der Waals surface area (Å²) in [6.07, 6.45) is 2.27. The zero-order valence-corrected chi connectivity index (χ0v) is 13.1. The summed E-state index contributed by atoms with van der Waals surface area (Å²) in [7, 11) is 1.37. The zero-order valence-electron chi connectivity index (χ0n) is 13.1. The molecule has 0 bridgehead atoms. The molecule has 0 saturated heterocycles. The van der Waals surface area contributed by atoms with E-state index in [1.165, 1.54) is 13.2 Å². The van der Waals surface area contributed by atoms with Gasteiger partial charge in [-0.05, 0) is 31.4 Å². The lowest BCUT2D eigenvalue weighted by Gasteiger charge is -2.22. The van der Waals surface area contributed by atoms with Gasteiger partial charge in [-0.15, -0.1) is 0 Å². The quantitative estimate of drug-likeness (QED) is 0.939. The molecule has 1 aromatic carbocycles. The standard InChI is InChI=1S/C17H16F2N2O3/c1-24-14-9-15(22)21-5-3-2-4-13(21)16(14)17(23)20-12-7-10(18)6-11(19)8-12/h6-9H,2-5H2,1H3,(H,20,23). The van der Waals surface area contributed by atoms with Crippen molar-refractivity contribution in [3.63, 3.8) is 0 Å². The summed E-state index contributed by atoms with van der Waals surface area (Å²) in [5.74, 6) is -1.99. The molecule has 1 N–H and O–H groups in total. The van der Waals surface area contributed by atoms with Gasteiger partial charge in [0.2, 0.25) is 0 Å². The van der Waals surface area contributed by atoms with Crippen LogP contribution in [0, 0.1) is 11.6 Å². The van der Waals surface area contributed by atoms with Crippen LogP contribution in [-0.2, 0) is 13.0 Å². The number of carbonyl (C=O) groups is 1. The second-order valence-corrected chi connectivity index (χ2v) is 5.59. The lowest BCUT2D eigenvalue weighted by atomic mass is 10.0. The van der Waals surface area contributed by atoms with Gasteiger partial charge >= 0.3 is 0 Å². The Morgan fingerprint density at radius 3 is 2.54 bits per heavy atom. The van der Waals surface area contributed by atoms with E-state index in [0.717, 1.165) is 31.0 Å². The smallest absolute Gasteiger partial charge is 0.261 e. The largest absolute Gasteiger partial charge is 0.496 e. The molecule has 3 rings (SSSR count). The van der Waals surface area contributed by atoms with Crippen molar-refractivity contribution in [3.05, 3.63) is 57.5 Å². The highest BCUT2D eigenvalue weighted by Crippen LogP contribution is 2.26. The minimum atomic E-state index is -0.788. The van der Waals surface area contributed by atoms with Crippen LogP contribution in [0.4, 0.5) is 14.5 Å². The van der Waals surface area contributed by atoms with Crippen molar-refractivity contribution < 1.29 is 18.3 Å². The number of fused-ring (bicyclic) bond motifs is 1. The summed E-state index contributed by atoms with van der Waals surface area (Å²) in [4.78, 5) is 24.8. The summed E-state index contributed by atoms with van der Waals surface area (Å²) in [5.41, 5.74) is 0.580.